The van der Waals surface area contributed by atoms with Gasteiger partial charge in [0.15, 0.2) is 0 Å². The Bertz CT molecular complexity index is 973. The maximum atomic E-state index is 11.0. The second-order valence-corrected chi connectivity index (χ2v) is 5.84. The number of carbonyl (C=O) groups is 1. The Morgan fingerprint density at radius 3 is 2.79 bits per heavy atom. The Hall–Kier alpha value is -2.88. The fourth-order valence-corrected chi connectivity index (χ4v) is 2.79. The molecule has 0 bridgehead atoms. The summed E-state index contributed by atoms with van der Waals surface area (Å²) in [7, 11) is 0. The van der Waals surface area contributed by atoms with Crippen LogP contribution in [0.3, 0.4) is 0 Å². The second-order valence-electron chi connectivity index (χ2n) is 5.44. The van der Waals surface area contributed by atoms with Gasteiger partial charge in [-0.15, -0.1) is 0 Å². The predicted octanol–water partition coefficient (Wildman–Crippen LogP) is 2.63. The Balaban J connectivity index is 2.00. The van der Waals surface area contributed by atoms with E-state index in [4.69, 9.17) is 28.3 Å². The summed E-state index contributed by atoms with van der Waals surface area (Å²) in [6, 6.07) is 12.3. The highest BCUT2D eigenvalue weighted by Gasteiger charge is 2.14. The molecule has 2 aromatic carbocycles. The Morgan fingerprint density at radius 2 is 2.12 bits per heavy atom. The van der Waals surface area contributed by atoms with E-state index < -0.39 is 11.9 Å². The number of amides is 1. The third-order valence-electron chi connectivity index (χ3n) is 3.68. The number of nitrogens with zero attached hydrogens (tertiary/aromatic N) is 2. The predicted molar refractivity (Wildman–Crippen MR) is 92.0 cm³/mol. The molecule has 0 unspecified atom stereocenters. The van der Waals surface area contributed by atoms with Gasteiger partial charge in [0.25, 0.3) is 0 Å². The Labute approximate surface area is 143 Å². The summed E-state index contributed by atoms with van der Waals surface area (Å²) in [6.45, 7) is 0. The van der Waals surface area contributed by atoms with Crippen molar-refractivity contribution < 1.29 is 4.79 Å². The molecule has 120 valence electrons. The second kappa shape index (κ2) is 6.32. The van der Waals surface area contributed by atoms with Gasteiger partial charge < -0.3 is 16.5 Å². The fraction of sp³-hybridized carbons (Fsp3) is 0.118. The first-order valence-corrected chi connectivity index (χ1v) is 7.59. The standard InChI is InChI=1S/C17H14ClN5O/c18-12-5-9(8-19)1-3-11(12)10-2-4-14-15(6-10)23-17(22-14)13(20)7-16(21)24/h1-6,13H,7,20H2,(H2,21,24)(H,22,23)/t13-/m0/s1. The highest BCUT2D eigenvalue weighted by Crippen LogP contribution is 2.30. The SMILES string of the molecule is N#Cc1ccc(-c2ccc3nc([C@@H](N)CC(N)=O)[nH]c3c2)c(Cl)c1. The van der Waals surface area contributed by atoms with E-state index in [-0.39, 0.29) is 6.42 Å². The summed E-state index contributed by atoms with van der Waals surface area (Å²) in [4.78, 5) is 18.5. The molecule has 5 N–H and O–H groups in total. The van der Waals surface area contributed by atoms with Gasteiger partial charge in [0.1, 0.15) is 5.82 Å². The van der Waals surface area contributed by atoms with Crippen LogP contribution in [0.4, 0.5) is 0 Å². The lowest BCUT2D eigenvalue weighted by Gasteiger charge is -2.05. The summed E-state index contributed by atoms with van der Waals surface area (Å²) >= 11 is 6.26. The summed E-state index contributed by atoms with van der Waals surface area (Å²) < 4.78 is 0. The number of nitriles is 1. The molecule has 0 aliphatic rings. The molecule has 3 rings (SSSR count). The van der Waals surface area contributed by atoms with E-state index >= 15 is 0 Å². The number of halogens is 1. The molecule has 0 radical (unpaired) electrons. The number of fused-ring (bicyclic) bond motifs is 1. The third kappa shape index (κ3) is 3.08. The van der Waals surface area contributed by atoms with Gasteiger partial charge in [0.05, 0.1) is 28.7 Å². The molecular weight excluding hydrogens is 326 g/mol. The average molecular weight is 340 g/mol. The van der Waals surface area contributed by atoms with Crippen LogP contribution in [-0.4, -0.2) is 15.9 Å². The zero-order valence-electron chi connectivity index (χ0n) is 12.6. The summed E-state index contributed by atoms with van der Waals surface area (Å²) in [5.74, 6) is 0.0277. The number of benzene rings is 2. The van der Waals surface area contributed by atoms with Crippen LogP contribution in [-0.2, 0) is 4.79 Å². The zero-order valence-corrected chi connectivity index (χ0v) is 13.3. The van der Waals surface area contributed by atoms with Crippen LogP contribution in [0.2, 0.25) is 5.02 Å². The lowest BCUT2D eigenvalue weighted by Crippen LogP contribution is -2.21. The molecule has 0 spiro atoms. The Kier molecular flexibility index (Phi) is 4.21. The van der Waals surface area contributed by atoms with E-state index in [1.54, 1.807) is 18.2 Å². The third-order valence-corrected chi connectivity index (χ3v) is 3.99. The van der Waals surface area contributed by atoms with Crippen LogP contribution < -0.4 is 11.5 Å². The van der Waals surface area contributed by atoms with Gasteiger partial charge in [-0.3, -0.25) is 4.79 Å². The van der Waals surface area contributed by atoms with Crippen molar-refractivity contribution in [1.29, 1.82) is 5.26 Å². The minimum Gasteiger partial charge on any atom is -0.370 e. The molecule has 24 heavy (non-hydrogen) atoms. The monoisotopic (exact) mass is 339 g/mol. The lowest BCUT2D eigenvalue weighted by atomic mass is 10.0. The Morgan fingerprint density at radius 1 is 1.33 bits per heavy atom. The van der Waals surface area contributed by atoms with E-state index in [1.807, 2.05) is 18.2 Å². The molecule has 7 heteroatoms. The molecule has 1 amide bonds. The number of primary amides is 1. The summed E-state index contributed by atoms with van der Waals surface area (Å²) in [5, 5.41) is 9.41. The van der Waals surface area contributed by atoms with Crippen molar-refractivity contribution in [3.05, 3.63) is 52.8 Å². The van der Waals surface area contributed by atoms with Gasteiger partial charge in [-0.25, -0.2) is 4.98 Å². The molecular formula is C17H14ClN5O. The molecule has 1 heterocycles. The van der Waals surface area contributed by atoms with E-state index in [9.17, 15) is 4.79 Å². The maximum Gasteiger partial charge on any atom is 0.219 e. The van der Waals surface area contributed by atoms with Crippen molar-refractivity contribution in [2.45, 2.75) is 12.5 Å². The number of nitrogens with one attached hydrogen (secondary N) is 1. The first-order valence-electron chi connectivity index (χ1n) is 7.21. The fourth-order valence-electron chi connectivity index (χ4n) is 2.50. The van der Waals surface area contributed by atoms with Crippen LogP contribution in [0.25, 0.3) is 22.2 Å². The minimum atomic E-state index is -0.572. The number of hydrogen-bond acceptors (Lipinski definition) is 4. The van der Waals surface area contributed by atoms with Crippen LogP contribution >= 0.6 is 11.6 Å². The summed E-state index contributed by atoms with van der Waals surface area (Å²) in [5.41, 5.74) is 14.8. The number of aromatic nitrogens is 2. The van der Waals surface area contributed by atoms with Crippen molar-refractivity contribution in [2.24, 2.45) is 11.5 Å². The van der Waals surface area contributed by atoms with Gasteiger partial charge in [-0.05, 0) is 29.8 Å². The minimum absolute atomic E-state index is 0.0220. The van der Waals surface area contributed by atoms with E-state index in [0.717, 1.165) is 22.2 Å². The molecule has 0 aliphatic carbocycles. The largest absolute Gasteiger partial charge is 0.370 e. The van der Waals surface area contributed by atoms with Crippen LogP contribution in [0, 0.1) is 11.3 Å². The van der Waals surface area contributed by atoms with Gasteiger partial charge >= 0.3 is 0 Å². The molecule has 0 fully saturated rings. The number of H-pyrrole nitrogens is 1. The van der Waals surface area contributed by atoms with Crippen molar-refractivity contribution in [2.75, 3.05) is 0 Å². The van der Waals surface area contributed by atoms with E-state index in [2.05, 4.69) is 16.0 Å². The van der Waals surface area contributed by atoms with Crippen LogP contribution in [0.15, 0.2) is 36.4 Å². The molecule has 1 aromatic heterocycles. The number of nitrogens with two attached hydrogens (primary N) is 2. The number of carbonyl (C=O) groups excluding carboxylic acids is 1. The number of aromatic amines is 1. The number of imidazole rings is 1. The maximum absolute atomic E-state index is 11.0. The molecule has 0 saturated carbocycles. The van der Waals surface area contributed by atoms with Crippen molar-refractivity contribution in [3.8, 4) is 17.2 Å². The van der Waals surface area contributed by atoms with Gasteiger partial charge in [-0.2, -0.15) is 5.26 Å². The highest BCUT2D eigenvalue weighted by atomic mass is 35.5. The quantitative estimate of drug-likeness (QED) is 0.676. The van der Waals surface area contributed by atoms with Crippen molar-refractivity contribution >= 4 is 28.5 Å². The van der Waals surface area contributed by atoms with Crippen molar-refractivity contribution in [3.63, 3.8) is 0 Å². The first-order chi connectivity index (χ1) is 11.5. The molecule has 0 aliphatic heterocycles. The summed E-state index contributed by atoms with van der Waals surface area (Å²) in [6.07, 6.45) is 0.0220. The van der Waals surface area contributed by atoms with Crippen LogP contribution in [0.1, 0.15) is 23.9 Å². The van der Waals surface area contributed by atoms with E-state index in [0.29, 0.717) is 16.4 Å². The van der Waals surface area contributed by atoms with E-state index in [1.165, 1.54) is 0 Å². The first kappa shape index (κ1) is 16.0. The van der Waals surface area contributed by atoms with Crippen LogP contribution in [0.5, 0.6) is 0 Å². The smallest absolute Gasteiger partial charge is 0.219 e. The normalized spacial score (nSPS) is 12.0. The van der Waals surface area contributed by atoms with Gasteiger partial charge in [0, 0.05) is 17.0 Å². The molecule has 3 aromatic rings. The molecule has 6 nitrogen and oxygen atoms in total. The molecule has 0 saturated heterocycles. The lowest BCUT2D eigenvalue weighted by molar-refractivity contribution is -0.118. The molecule has 1 atom stereocenters. The number of hydrogen-bond donors (Lipinski definition) is 3. The zero-order chi connectivity index (χ0) is 17.3. The number of rotatable bonds is 4. The van der Waals surface area contributed by atoms with Gasteiger partial charge in [0.2, 0.25) is 5.91 Å². The highest BCUT2D eigenvalue weighted by molar-refractivity contribution is 6.33. The van der Waals surface area contributed by atoms with Gasteiger partial charge in [-0.1, -0.05) is 23.7 Å². The van der Waals surface area contributed by atoms with Crippen molar-refractivity contribution in [1.82, 2.24) is 9.97 Å². The topological polar surface area (TPSA) is 122 Å². The average Bonchev–Trinajstić information content (AvgIpc) is 2.97.